The molecular formula is C16H15N4O11-3. The predicted octanol–water partition coefficient (Wildman–Crippen LogP) is -6.74. The fraction of sp³-hybridized carbons (Fsp3) is 0.500. The van der Waals surface area contributed by atoms with Crippen LogP contribution in [0.15, 0.2) is 17.4 Å². The fourth-order valence-corrected chi connectivity index (χ4v) is 3.78. The summed E-state index contributed by atoms with van der Waals surface area (Å²) in [5.74, 6) is -5.72. The number of imidazole rings is 1. The van der Waals surface area contributed by atoms with Crippen LogP contribution in [0.1, 0.15) is 25.5 Å². The first-order valence-electron chi connectivity index (χ1n) is 8.68. The second-order valence-corrected chi connectivity index (χ2v) is 7.05. The lowest BCUT2D eigenvalue weighted by atomic mass is 9.73. The first kappa shape index (κ1) is 22.3. The summed E-state index contributed by atoms with van der Waals surface area (Å²) in [6.07, 6.45) is -8.46. The molecule has 5 atom stereocenters. The molecule has 2 aromatic rings. The number of aliphatic hydroxyl groups excluding tert-OH is 1. The molecule has 1 unspecified atom stereocenters. The zero-order valence-electron chi connectivity index (χ0n) is 15.5. The predicted molar refractivity (Wildman–Crippen MR) is 86.8 cm³/mol. The summed E-state index contributed by atoms with van der Waals surface area (Å²) >= 11 is 0. The number of aromatic amines is 1. The summed E-state index contributed by atoms with van der Waals surface area (Å²) < 4.78 is 6.23. The number of ether oxygens (including phenoxy) is 1. The van der Waals surface area contributed by atoms with Crippen molar-refractivity contribution >= 4 is 29.1 Å². The topological polar surface area (TPSA) is 254 Å². The zero-order valence-corrected chi connectivity index (χ0v) is 15.5. The highest BCUT2D eigenvalue weighted by atomic mass is 16.6. The van der Waals surface area contributed by atoms with Crippen molar-refractivity contribution in [3.05, 3.63) is 23.0 Å². The number of aliphatic carboxylic acids is 3. The number of carbonyl (C=O) groups excluding carboxylic acids is 3. The Kier molecular flexibility index (Phi) is 5.53. The van der Waals surface area contributed by atoms with Gasteiger partial charge in [0, 0.05) is 37.2 Å². The van der Waals surface area contributed by atoms with Gasteiger partial charge in [0.25, 0.3) is 5.56 Å². The summed E-state index contributed by atoms with van der Waals surface area (Å²) in [6, 6.07) is 0. The summed E-state index contributed by atoms with van der Waals surface area (Å²) in [4.78, 5) is 55.2. The average Bonchev–Trinajstić information content (AvgIpc) is 3.12. The molecule has 0 aliphatic carbocycles. The van der Waals surface area contributed by atoms with Crippen LogP contribution >= 0.6 is 0 Å². The van der Waals surface area contributed by atoms with E-state index in [-0.39, 0.29) is 11.2 Å². The van der Waals surface area contributed by atoms with Crippen LogP contribution in [0, 0.1) is 0 Å². The number of hydrogen-bond acceptors (Lipinski definition) is 13. The van der Waals surface area contributed by atoms with Crippen molar-refractivity contribution in [1.82, 2.24) is 19.5 Å². The molecule has 0 radical (unpaired) electrons. The van der Waals surface area contributed by atoms with Gasteiger partial charge in [-0.15, -0.1) is 0 Å². The van der Waals surface area contributed by atoms with E-state index in [4.69, 9.17) is 4.74 Å². The van der Waals surface area contributed by atoms with Crippen molar-refractivity contribution in [2.24, 2.45) is 0 Å². The van der Waals surface area contributed by atoms with Crippen LogP contribution in [-0.2, 0) is 19.1 Å². The minimum absolute atomic E-state index is 0.253. The van der Waals surface area contributed by atoms with E-state index in [2.05, 4.69) is 15.0 Å². The van der Waals surface area contributed by atoms with Gasteiger partial charge in [-0.3, -0.25) is 9.36 Å². The smallest absolute Gasteiger partial charge is 0.278 e. The quantitative estimate of drug-likeness (QED) is 0.298. The lowest BCUT2D eigenvalue weighted by Crippen LogP contribution is -2.63. The third-order valence-electron chi connectivity index (χ3n) is 5.08. The average molecular weight is 439 g/mol. The van der Waals surface area contributed by atoms with Gasteiger partial charge in [-0.05, 0) is 0 Å². The van der Waals surface area contributed by atoms with E-state index in [1.54, 1.807) is 0 Å². The summed E-state index contributed by atoms with van der Waals surface area (Å²) in [6.45, 7) is 0. The Balaban J connectivity index is 2.22. The molecule has 15 nitrogen and oxygen atoms in total. The number of fused-ring (bicyclic) bond motifs is 1. The maximum atomic E-state index is 11.9. The summed E-state index contributed by atoms with van der Waals surface area (Å²) in [7, 11) is 0. The number of aliphatic hydroxyl groups is 3. The number of H-pyrrole nitrogens is 1. The minimum Gasteiger partial charge on any atom is -0.550 e. The molecule has 0 amide bonds. The molecule has 3 rings (SSSR count). The molecule has 31 heavy (non-hydrogen) atoms. The molecule has 0 spiro atoms. The van der Waals surface area contributed by atoms with E-state index in [0.717, 1.165) is 17.2 Å². The van der Waals surface area contributed by atoms with Gasteiger partial charge in [0.2, 0.25) is 0 Å². The van der Waals surface area contributed by atoms with Crippen molar-refractivity contribution in [3.63, 3.8) is 0 Å². The highest BCUT2D eigenvalue weighted by Crippen LogP contribution is 2.51. The van der Waals surface area contributed by atoms with Crippen LogP contribution in [0.2, 0.25) is 0 Å². The van der Waals surface area contributed by atoms with Gasteiger partial charge in [0.15, 0.2) is 17.4 Å². The first-order valence-corrected chi connectivity index (χ1v) is 8.68. The Bertz CT molecular complexity index is 1100. The summed E-state index contributed by atoms with van der Waals surface area (Å²) in [5, 5.41) is 66.1. The third kappa shape index (κ3) is 3.63. The third-order valence-corrected chi connectivity index (χ3v) is 5.08. The summed E-state index contributed by atoms with van der Waals surface area (Å²) in [5.41, 5.74) is -7.35. The number of hydrogen-bond donors (Lipinski definition) is 4. The van der Waals surface area contributed by atoms with Gasteiger partial charge >= 0.3 is 0 Å². The minimum atomic E-state index is -3.08. The maximum absolute atomic E-state index is 11.9. The van der Waals surface area contributed by atoms with E-state index in [9.17, 15) is 49.8 Å². The Labute approximate surface area is 171 Å². The number of aromatic nitrogens is 4. The molecule has 2 aromatic heterocycles. The van der Waals surface area contributed by atoms with Gasteiger partial charge < -0.3 is 54.7 Å². The number of carboxylic acid groups (broad SMARTS) is 3. The molecule has 15 heteroatoms. The second-order valence-electron chi connectivity index (χ2n) is 7.05. The zero-order chi connectivity index (χ0) is 23.1. The lowest BCUT2D eigenvalue weighted by molar-refractivity contribution is -0.321. The fourth-order valence-electron chi connectivity index (χ4n) is 3.78. The Morgan fingerprint density at radius 3 is 2.32 bits per heavy atom. The van der Waals surface area contributed by atoms with Crippen molar-refractivity contribution in [1.29, 1.82) is 0 Å². The number of nitrogens with zero attached hydrogens (tertiary/aromatic N) is 3. The van der Waals surface area contributed by atoms with Crippen molar-refractivity contribution in [2.75, 3.05) is 0 Å². The normalized spacial score (nSPS) is 29.1. The molecular weight excluding hydrogens is 424 g/mol. The largest absolute Gasteiger partial charge is 0.550 e. The highest BCUT2D eigenvalue weighted by Gasteiger charge is 2.67. The van der Waals surface area contributed by atoms with E-state index in [1.165, 1.54) is 0 Å². The van der Waals surface area contributed by atoms with Crippen LogP contribution < -0.4 is 20.9 Å². The standard InChI is InChI=1S/C16H18N4O11/c21-6(1-7(22)23)11-15(29,2-8(24)25)16(30,3-9(26)27)14(31-11)20-5-19-10-12(20)17-4-18-13(10)28/h4-6,11,14,21,29-30H,1-3H2,(H,22,23)(H,24,25)(H,26,27)(H,17,18,28)/p-3/t6?,11-,14-,15-,16+/m1/s1. The molecule has 1 aliphatic heterocycles. The number of nitrogens with one attached hydrogen (secondary N) is 1. The monoisotopic (exact) mass is 439 g/mol. The Hall–Kier alpha value is -3.40. The lowest BCUT2D eigenvalue weighted by Gasteiger charge is -2.42. The van der Waals surface area contributed by atoms with E-state index >= 15 is 0 Å². The number of rotatable bonds is 8. The van der Waals surface area contributed by atoms with Crippen LogP contribution in [0.25, 0.3) is 11.2 Å². The molecule has 0 aromatic carbocycles. The molecule has 1 aliphatic rings. The van der Waals surface area contributed by atoms with Crippen LogP contribution in [0.4, 0.5) is 0 Å². The van der Waals surface area contributed by atoms with Gasteiger partial charge in [-0.25, -0.2) is 9.97 Å². The molecule has 168 valence electrons. The molecule has 3 heterocycles. The maximum Gasteiger partial charge on any atom is 0.278 e. The number of carbonyl (C=O) groups is 3. The van der Waals surface area contributed by atoms with E-state index < -0.39 is 72.4 Å². The molecule has 1 saturated heterocycles. The highest BCUT2D eigenvalue weighted by molar-refractivity contribution is 5.71. The van der Waals surface area contributed by atoms with E-state index in [1.807, 2.05) is 0 Å². The van der Waals surface area contributed by atoms with E-state index in [0.29, 0.717) is 0 Å². The first-order chi connectivity index (χ1) is 14.4. The van der Waals surface area contributed by atoms with Crippen molar-refractivity contribution in [3.8, 4) is 0 Å². The van der Waals surface area contributed by atoms with Gasteiger partial charge in [0.1, 0.15) is 17.3 Å². The second kappa shape index (κ2) is 7.69. The number of carboxylic acids is 3. The SMILES string of the molecule is O=C([O-])CC(O)[C@H]1O[C@@H](n2cnc3c(=O)[nH]cnc32)[C@@](O)(CC(=O)[O-])[C@@]1(O)CC(=O)[O-]. The molecule has 0 bridgehead atoms. The Morgan fingerprint density at radius 2 is 1.74 bits per heavy atom. The van der Waals surface area contributed by atoms with Gasteiger partial charge in [-0.1, -0.05) is 0 Å². The Morgan fingerprint density at radius 1 is 1.13 bits per heavy atom. The van der Waals surface area contributed by atoms with Crippen molar-refractivity contribution < 1.29 is 49.8 Å². The molecule has 1 fully saturated rings. The van der Waals surface area contributed by atoms with Crippen LogP contribution in [0.5, 0.6) is 0 Å². The molecule has 0 saturated carbocycles. The van der Waals surface area contributed by atoms with Crippen LogP contribution in [0.3, 0.4) is 0 Å². The molecule has 4 N–H and O–H groups in total. The van der Waals surface area contributed by atoms with Gasteiger partial charge in [0.05, 0.1) is 18.8 Å². The van der Waals surface area contributed by atoms with Crippen LogP contribution in [-0.4, -0.2) is 76.2 Å². The van der Waals surface area contributed by atoms with Crippen molar-refractivity contribution in [2.45, 2.75) is 48.9 Å². The van der Waals surface area contributed by atoms with Gasteiger partial charge in [-0.2, -0.15) is 0 Å².